The fraction of sp³-hybridized carbons (Fsp3) is 0.500. The summed E-state index contributed by atoms with van der Waals surface area (Å²) in [5.41, 5.74) is 13.8. The lowest BCUT2D eigenvalue weighted by Crippen LogP contribution is -2.41. The predicted molar refractivity (Wildman–Crippen MR) is 92.4 cm³/mol. The summed E-state index contributed by atoms with van der Waals surface area (Å²) < 4.78 is 16.8. The minimum Gasteiger partial charge on any atom is -0.493 e. The SMILES string of the molecule is CCCC1NNC2OC(N)=C(C#N)C(c3cccc(OC)c3OC)C12. The summed E-state index contributed by atoms with van der Waals surface area (Å²) in [6, 6.07) is 8.10. The van der Waals surface area contributed by atoms with Gasteiger partial charge in [0.25, 0.3) is 0 Å². The van der Waals surface area contributed by atoms with Crippen molar-refractivity contribution in [2.45, 2.75) is 38.0 Å². The number of nitrogens with two attached hydrogens (primary N) is 1. The number of nitrogens with one attached hydrogen (secondary N) is 2. The summed E-state index contributed by atoms with van der Waals surface area (Å²) in [4.78, 5) is 0. The topological polar surface area (TPSA) is 102 Å². The van der Waals surface area contributed by atoms with Gasteiger partial charge in [-0.1, -0.05) is 25.5 Å². The molecule has 25 heavy (non-hydrogen) atoms. The Hall–Kier alpha value is -2.43. The van der Waals surface area contributed by atoms with Crippen LogP contribution >= 0.6 is 0 Å². The molecule has 0 aliphatic carbocycles. The van der Waals surface area contributed by atoms with Gasteiger partial charge in [-0.05, 0) is 12.5 Å². The van der Waals surface area contributed by atoms with Crippen LogP contribution in [0.2, 0.25) is 0 Å². The van der Waals surface area contributed by atoms with E-state index in [0.717, 1.165) is 18.4 Å². The number of hydrazine groups is 1. The second-order valence-corrected chi connectivity index (χ2v) is 6.25. The Morgan fingerprint density at radius 2 is 2.08 bits per heavy atom. The Balaban J connectivity index is 2.15. The van der Waals surface area contributed by atoms with Crippen LogP contribution < -0.4 is 26.1 Å². The average Bonchev–Trinajstić information content (AvgIpc) is 3.02. The van der Waals surface area contributed by atoms with E-state index in [-0.39, 0.29) is 30.0 Å². The standard InChI is InChI=1S/C18H24N4O3/c1-4-6-12-15-14(10-7-5-8-13(23-2)16(10)24-3)11(9-19)17(20)25-18(15)22-21-12/h5,7-8,12,14-15,18,21-22H,4,6,20H2,1-3H3. The summed E-state index contributed by atoms with van der Waals surface area (Å²) >= 11 is 0. The zero-order chi connectivity index (χ0) is 18.0. The molecule has 0 aromatic heterocycles. The number of hydrogen-bond donors (Lipinski definition) is 3. The molecular weight excluding hydrogens is 320 g/mol. The third-order valence-corrected chi connectivity index (χ3v) is 4.93. The van der Waals surface area contributed by atoms with Gasteiger partial charge in [0.15, 0.2) is 17.7 Å². The highest BCUT2D eigenvalue weighted by molar-refractivity contribution is 5.53. The lowest BCUT2D eigenvalue weighted by Gasteiger charge is -2.36. The molecule has 2 aliphatic rings. The number of nitriles is 1. The highest BCUT2D eigenvalue weighted by Crippen LogP contribution is 2.48. The van der Waals surface area contributed by atoms with E-state index in [1.807, 2.05) is 18.2 Å². The van der Waals surface area contributed by atoms with Crippen LogP contribution in [0.3, 0.4) is 0 Å². The maximum atomic E-state index is 9.74. The smallest absolute Gasteiger partial charge is 0.200 e. The predicted octanol–water partition coefficient (Wildman–Crippen LogP) is 1.73. The Morgan fingerprint density at radius 3 is 2.72 bits per heavy atom. The first-order valence-electron chi connectivity index (χ1n) is 8.44. The third-order valence-electron chi connectivity index (χ3n) is 4.93. The van der Waals surface area contributed by atoms with E-state index in [4.69, 9.17) is 19.9 Å². The summed E-state index contributed by atoms with van der Waals surface area (Å²) in [5, 5.41) is 9.74. The first-order chi connectivity index (χ1) is 12.2. The molecule has 3 rings (SSSR count). The van der Waals surface area contributed by atoms with Crippen LogP contribution in [-0.4, -0.2) is 26.5 Å². The normalized spacial score (nSPS) is 28.1. The molecule has 1 fully saturated rings. The zero-order valence-electron chi connectivity index (χ0n) is 14.7. The molecule has 0 radical (unpaired) electrons. The lowest BCUT2D eigenvalue weighted by molar-refractivity contribution is 0.0333. The van der Waals surface area contributed by atoms with Crippen molar-refractivity contribution in [1.82, 2.24) is 10.9 Å². The molecule has 7 nitrogen and oxygen atoms in total. The van der Waals surface area contributed by atoms with E-state index in [1.54, 1.807) is 14.2 Å². The minimum atomic E-state index is -0.297. The van der Waals surface area contributed by atoms with E-state index in [2.05, 4.69) is 23.8 Å². The maximum absolute atomic E-state index is 9.74. The molecule has 0 saturated carbocycles. The van der Waals surface area contributed by atoms with Gasteiger partial charge in [0.2, 0.25) is 5.88 Å². The molecule has 4 unspecified atom stereocenters. The molecule has 0 spiro atoms. The summed E-state index contributed by atoms with van der Waals surface area (Å²) in [7, 11) is 3.20. The van der Waals surface area contributed by atoms with E-state index in [1.165, 1.54) is 0 Å². The summed E-state index contributed by atoms with van der Waals surface area (Å²) in [6.07, 6.45) is 1.68. The Labute approximate surface area is 147 Å². The van der Waals surface area contributed by atoms with Crippen molar-refractivity contribution < 1.29 is 14.2 Å². The van der Waals surface area contributed by atoms with Crippen molar-refractivity contribution in [3.05, 3.63) is 35.2 Å². The Kier molecular flexibility index (Phi) is 5.02. The molecule has 134 valence electrons. The van der Waals surface area contributed by atoms with Gasteiger partial charge in [-0.15, -0.1) is 0 Å². The molecule has 0 amide bonds. The number of fused-ring (bicyclic) bond motifs is 1. The van der Waals surface area contributed by atoms with Gasteiger partial charge in [-0.25, -0.2) is 5.43 Å². The van der Waals surface area contributed by atoms with Gasteiger partial charge in [-0.2, -0.15) is 5.26 Å². The Morgan fingerprint density at radius 1 is 1.28 bits per heavy atom. The van der Waals surface area contributed by atoms with Crippen molar-refractivity contribution >= 4 is 0 Å². The fourth-order valence-corrected chi connectivity index (χ4v) is 3.87. The number of ether oxygens (including phenoxy) is 3. The molecule has 4 N–H and O–H groups in total. The van der Waals surface area contributed by atoms with Gasteiger partial charge in [0, 0.05) is 23.4 Å². The highest BCUT2D eigenvalue weighted by Gasteiger charge is 2.49. The zero-order valence-corrected chi connectivity index (χ0v) is 14.7. The molecule has 4 atom stereocenters. The first-order valence-corrected chi connectivity index (χ1v) is 8.44. The lowest BCUT2D eigenvalue weighted by atomic mass is 9.74. The molecule has 1 aromatic carbocycles. The van der Waals surface area contributed by atoms with Crippen LogP contribution in [-0.2, 0) is 4.74 Å². The van der Waals surface area contributed by atoms with Gasteiger partial charge in [0.1, 0.15) is 6.07 Å². The number of benzene rings is 1. The second-order valence-electron chi connectivity index (χ2n) is 6.25. The first kappa shape index (κ1) is 17.4. The molecule has 0 bridgehead atoms. The molecular formula is C18H24N4O3. The van der Waals surface area contributed by atoms with Crippen molar-refractivity contribution in [1.29, 1.82) is 5.26 Å². The minimum absolute atomic E-state index is 0.0166. The molecule has 2 aliphatic heterocycles. The van der Waals surface area contributed by atoms with Gasteiger partial charge >= 0.3 is 0 Å². The largest absolute Gasteiger partial charge is 0.493 e. The molecule has 1 aromatic rings. The van der Waals surface area contributed by atoms with Crippen LogP contribution in [0.4, 0.5) is 0 Å². The van der Waals surface area contributed by atoms with E-state index in [9.17, 15) is 5.26 Å². The van der Waals surface area contributed by atoms with Crippen LogP contribution in [0.1, 0.15) is 31.2 Å². The van der Waals surface area contributed by atoms with E-state index < -0.39 is 0 Å². The van der Waals surface area contributed by atoms with Gasteiger partial charge in [0.05, 0.1) is 19.8 Å². The number of para-hydroxylation sites is 1. The number of hydrogen-bond acceptors (Lipinski definition) is 7. The van der Waals surface area contributed by atoms with Crippen molar-refractivity contribution in [2.75, 3.05) is 14.2 Å². The van der Waals surface area contributed by atoms with Gasteiger partial charge < -0.3 is 19.9 Å². The molecule has 1 saturated heterocycles. The third kappa shape index (κ3) is 2.88. The fourth-order valence-electron chi connectivity index (χ4n) is 3.87. The van der Waals surface area contributed by atoms with Gasteiger partial charge in [-0.3, -0.25) is 5.43 Å². The molecule has 7 heteroatoms. The van der Waals surface area contributed by atoms with Crippen LogP contribution in [0.5, 0.6) is 11.5 Å². The number of nitrogens with zero attached hydrogens (tertiary/aromatic N) is 1. The van der Waals surface area contributed by atoms with Crippen LogP contribution in [0, 0.1) is 17.2 Å². The average molecular weight is 344 g/mol. The van der Waals surface area contributed by atoms with E-state index in [0.29, 0.717) is 17.1 Å². The summed E-state index contributed by atoms with van der Waals surface area (Å²) in [6.45, 7) is 2.13. The maximum Gasteiger partial charge on any atom is 0.200 e. The van der Waals surface area contributed by atoms with Crippen LogP contribution in [0.15, 0.2) is 29.7 Å². The van der Waals surface area contributed by atoms with Crippen molar-refractivity contribution in [2.24, 2.45) is 11.7 Å². The second kappa shape index (κ2) is 7.21. The number of methoxy groups -OCH3 is 2. The quantitative estimate of drug-likeness (QED) is 0.747. The monoisotopic (exact) mass is 344 g/mol. The highest BCUT2D eigenvalue weighted by atomic mass is 16.5. The summed E-state index contributed by atoms with van der Waals surface area (Å²) in [5.74, 6) is 1.18. The number of allylic oxidation sites excluding steroid dienone is 1. The number of rotatable bonds is 5. The van der Waals surface area contributed by atoms with Crippen molar-refractivity contribution in [3.8, 4) is 17.6 Å². The Bertz CT molecular complexity index is 713. The van der Waals surface area contributed by atoms with Crippen LogP contribution in [0.25, 0.3) is 0 Å². The van der Waals surface area contributed by atoms with E-state index >= 15 is 0 Å². The molecule has 2 heterocycles. The van der Waals surface area contributed by atoms with Crippen molar-refractivity contribution in [3.63, 3.8) is 0 Å².